The molecule has 32 heavy (non-hydrogen) atoms. The van der Waals surface area contributed by atoms with Crippen molar-refractivity contribution in [3.05, 3.63) is 70.5 Å². The van der Waals surface area contributed by atoms with Crippen molar-refractivity contribution in [3.8, 4) is 0 Å². The van der Waals surface area contributed by atoms with E-state index in [9.17, 15) is 17.6 Å². The van der Waals surface area contributed by atoms with Crippen LogP contribution < -0.4 is 11.1 Å². The van der Waals surface area contributed by atoms with Gasteiger partial charge in [-0.2, -0.15) is 4.31 Å². The molecule has 0 unspecified atom stereocenters. The topological polar surface area (TPSA) is 92.5 Å². The minimum Gasteiger partial charge on any atom is -0.369 e. The van der Waals surface area contributed by atoms with E-state index in [1.54, 1.807) is 16.4 Å². The number of nitrogens with zero attached hydrogens (tertiary/aromatic N) is 1. The van der Waals surface area contributed by atoms with Crippen LogP contribution in [-0.4, -0.2) is 38.0 Å². The maximum absolute atomic E-state index is 13.2. The fraction of sp³-hybridized carbons (Fsp3) is 0.458. The Bertz CT molecular complexity index is 1030. The van der Waals surface area contributed by atoms with Gasteiger partial charge in [0.25, 0.3) is 0 Å². The quantitative estimate of drug-likeness (QED) is 0.600. The molecule has 0 radical (unpaired) electrons. The van der Waals surface area contributed by atoms with Crippen LogP contribution in [0.15, 0.2) is 42.5 Å². The van der Waals surface area contributed by atoms with E-state index in [1.807, 2.05) is 19.2 Å². The molecule has 0 heterocycles. The zero-order valence-corrected chi connectivity index (χ0v) is 19.5. The van der Waals surface area contributed by atoms with Gasteiger partial charge in [0.1, 0.15) is 5.82 Å². The van der Waals surface area contributed by atoms with Crippen molar-refractivity contribution in [2.45, 2.75) is 57.2 Å². The van der Waals surface area contributed by atoms with Crippen LogP contribution in [0.25, 0.3) is 0 Å². The Hall–Kier alpha value is -2.29. The molecule has 0 aliphatic heterocycles. The number of amides is 1. The third-order valence-corrected chi connectivity index (χ3v) is 7.45. The lowest BCUT2D eigenvalue weighted by atomic mass is 9.79. The van der Waals surface area contributed by atoms with Gasteiger partial charge in [0.05, 0.1) is 12.7 Å². The maximum Gasteiger partial charge on any atom is 0.221 e. The van der Waals surface area contributed by atoms with Gasteiger partial charge in [-0.3, -0.25) is 4.79 Å². The number of primary amides is 1. The normalized spacial score (nSPS) is 19.2. The molecule has 0 saturated heterocycles. The van der Waals surface area contributed by atoms with Gasteiger partial charge in [0, 0.05) is 19.1 Å². The summed E-state index contributed by atoms with van der Waals surface area (Å²) in [5, 5.41) is 3.19. The van der Waals surface area contributed by atoms with Crippen molar-refractivity contribution >= 4 is 15.9 Å². The number of carbonyl (C=O) groups excluding carboxylic acids is 1. The zero-order chi connectivity index (χ0) is 23.3. The minimum atomic E-state index is -3.40. The SMILES string of the molecule is CNCc1cc(CC(N)=O)ccc1[C@H]1CC[C@H](N(Cc2ccc(F)cc2)S(C)(=O)=O)CC1. The number of sulfonamides is 1. The number of hydrogen-bond acceptors (Lipinski definition) is 4. The first-order chi connectivity index (χ1) is 15.2. The molecular formula is C24H32FN3O3S. The smallest absolute Gasteiger partial charge is 0.221 e. The van der Waals surface area contributed by atoms with Crippen molar-refractivity contribution in [2.75, 3.05) is 13.3 Å². The van der Waals surface area contributed by atoms with Gasteiger partial charge in [-0.25, -0.2) is 12.8 Å². The summed E-state index contributed by atoms with van der Waals surface area (Å²) in [7, 11) is -1.51. The summed E-state index contributed by atoms with van der Waals surface area (Å²) in [4.78, 5) is 11.3. The molecule has 0 bridgehead atoms. The molecule has 0 spiro atoms. The monoisotopic (exact) mass is 461 g/mol. The third-order valence-electron chi connectivity index (χ3n) is 6.17. The summed E-state index contributed by atoms with van der Waals surface area (Å²) in [6.45, 7) is 0.948. The Morgan fingerprint density at radius 2 is 1.72 bits per heavy atom. The molecule has 0 atom stereocenters. The van der Waals surface area contributed by atoms with Crippen molar-refractivity contribution in [1.82, 2.24) is 9.62 Å². The molecule has 2 aromatic rings. The molecule has 0 aromatic heterocycles. The Morgan fingerprint density at radius 1 is 1.09 bits per heavy atom. The minimum absolute atomic E-state index is 0.0758. The van der Waals surface area contributed by atoms with E-state index in [4.69, 9.17) is 5.73 Å². The van der Waals surface area contributed by atoms with Crippen molar-refractivity contribution in [2.24, 2.45) is 5.73 Å². The van der Waals surface area contributed by atoms with Crippen LogP contribution in [0.3, 0.4) is 0 Å². The summed E-state index contributed by atoms with van der Waals surface area (Å²) in [6, 6.07) is 12.0. The second-order valence-electron chi connectivity index (χ2n) is 8.65. The second kappa shape index (κ2) is 10.6. The molecule has 1 aliphatic rings. The molecule has 1 fully saturated rings. The highest BCUT2D eigenvalue weighted by atomic mass is 32.2. The predicted molar refractivity (Wildman–Crippen MR) is 124 cm³/mol. The number of hydrogen-bond donors (Lipinski definition) is 2. The maximum atomic E-state index is 13.2. The highest BCUT2D eigenvalue weighted by Gasteiger charge is 2.32. The Kier molecular flexibility index (Phi) is 8.03. The van der Waals surface area contributed by atoms with E-state index in [0.717, 1.165) is 42.4 Å². The fourth-order valence-corrected chi connectivity index (χ4v) is 5.81. The number of rotatable bonds is 9. The van der Waals surface area contributed by atoms with E-state index in [0.29, 0.717) is 12.5 Å². The average molecular weight is 462 g/mol. The molecule has 1 amide bonds. The summed E-state index contributed by atoms with van der Waals surface area (Å²) in [6.07, 6.45) is 4.75. The standard InChI is InChI=1S/C24H32FN3O3S/c1-27-15-20-13-18(14-24(26)29)5-12-23(20)19-6-10-22(11-7-19)28(32(2,30)31)16-17-3-8-21(25)9-4-17/h3-5,8-9,12-13,19,22,27H,6-7,10-11,14-16H2,1-2H3,(H2,26,29)/t19-,22-. The van der Waals surface area contributed by atoms with Gasteiger partial charge in [-0.05, 0) is 73.0 Å². The van der Waals surface area contributed by atoms with Gasteiger partial charge in [0.2, 0.25) is 15.9 Å². The zero-order valence-electron chi connectivity index (χ0n) is 18.7. The van der Waals surface area contributed by atoms with Gasteiger partial charge >= 0.3 is 0 Å². The van der Waals surface area contributed by atoms with E-state index < -0.39 is 10.0 Å². The van der Waals surface area contributed by atoms with E-state index >= 15 is 0 Å². The number of carbonyl (C=O) groups is 1. The van der Waals surface area contributed by atoms with E-state index in [1.165, 1.54) is 24.0 Å². The molecule has 3 rings (SSSR count). The van der Waals surface area contributed by atoms with Crippen molar-refractivity contribution < 1.29 is 17.6 Å². The summed E-state index contributed by atoms with van der Waals surface area (Å²) in [5.74, 6) is -0.348. The Balaban J connectivity index is 1.73. The summed E-state index contributed by atoms with van der Waals surface area (Å²) in [5.41, 5.74) is 9.43. The molecular weight excluding hydrogens is 429 g/mol. The van der Waals surface area contributed by atoms with Crippen molar-refractivity contribution in [1.29, 1.82) is 0 Å². The molecule has 8 heteroatoms. The summed E-state index contributed by atoms with van der Waals surface area (Å²) < 4.78 is 39.8. The lowest BCUT2D eigenvalue weighted by Crippen LogP contribution is -2.41. The third kappa shape index (κ3) is 6.37. The number of nitrogens with one attached hydrogen (secondary N) is 1. The molecule has 6 nitrogen and oxygen atoms in total. The predicted octanol–water partition coefficient (Wildman–Crippen LogP) is 3.06. The van der Waals surface area contributed by atoms with Gasteiger partial charge < -0.3 is 11.1 Å². The molecule has 2 aromatic carbocycles. The van der Waals surface area contributed by atoms with Crippen molar-refractivity contribution in [3.63, 3.8) is 0 Å². The highest BCUT2D eigenvalue weighted by molar-refractivity contribution is 7.88. The van der Waals surface area contributed by atoms with E-state index in [-0.39, 0.29) is 30.7 Å². The van der Waals surface area contributed by atoms with Gasteiger partial charge in [-0.1, -0.05) is 30.3 Å². The lowest BCUT2D eigenvalue weighted by molar-refractivity contribution is -0.117. The van der Waals surface area contributed by atoms with Crippen LogP contribution in [0, 0.1) is 5.82 Å². The Labute approximate surface area is 190 Å². The molecule has 174 valence electrons. The lowest BCUT2D eigenvalue weighted by Gasteiger charge is -2.36. The number of nitrogens with two attached hydrogens (primary N) is 1. The van der Waals surface area contributed by atoms with Crippen LogP contribution in [-0.2, 0) is 34.3 Å². The highest BCUT2D eigenvalue weighted by Crippen LogP contribution is 2.37. The first-order valence-corrected chi connectivity index (χ1v) is 12.8. The first-order valence-electron chi connectivity index (χ1n) is 10.9. The second-order valence-corrected chi connectivity index (χ2v) is 10.6. The number of halogens is 1. The van der Waals surface area contributed by atoms with Crippen LogP contribution >= 0.6 is 0 Å². The Morgan fingerprint density at radius 3 is 2.28 bits per heavy atom. The van der Waals surface area contributed by atoms with Crippen LogP contribution in [0.5, 0.6) is 0 Å². The van der Waals surface area contributed by atoms with Crippen LogP contribution in [0.1, 0.15) is 53.9 Å². The first kappa shape index (κ1) is 24.4. The van der Waals surface area contributed by atoms with E-state index in [2.05, 4.69) is 11.4 Å². The van der Waals surface area contributed by atoms with Crippen LogP contribution in [0.4, 0.5) is 4.39 Å². The summed E-state index contributed by atoms with van der Waals surface area (Å²) >= 11 is 0. The fourth-order valence-electron chi connectivity index (χ4n) is 4.67. The largest absolute Gasteiger partial charge is 0.369 e. The van der Waals surface area contributed by atoms with Gasteiger partial charge in [-0.15, -0.1) is 0 Å². The molecule has 3 N–H and O–H groups in total. The number of benzene rings is 2. The molecule has 1 aliphatic carbocycles. The average Bonchev–Trinajstić information content (AvgIpc) is 2.73. The van der Waals surface area contributed by atoms with Crippen LogP contribution in [0.2, 0.25) is 0 Å². The van der Waals surface area contributed by atoms with Gasteiger partial charge in [0.15, 0.2) is 0 Å². The molecule has 1 saturated carbocycles.